The molecule has 2 rings (SSSR count). The molecule has 0 radical (unpaired) electrons. The topological polar surface area (TPSA) is 86.5 Å². The summed E-state index contributed by atoms with van der Waals surface area (Å²) in [5.74, 6) is -0.306. The molecule has 1 unspecified atom stereocenters. The predicted molar refractivity (Wildman–Crippen MR) is 86.1 cm³/mol. The van der Waals surface area contributed by atoms with Crippen molar-refractivity contribution in [2.24, 2.45) is 5.73 Å². The summed E-state index contributed by atoms with van der Waals surface area (Å²) in [6, 6.07) is 5.15. The first-order valence-corrected chi connectivity index (χ1v) is 6.90. The number of nitrogens with two attached hydrogens (primary N) is 1. The largest absolute Gasteiger partial charge is 0.383 e. The maximum absolute atomic E-state index is 11.8. The van der Waals surface area contributed by atoms with E-state index in [1.807, 2.05) is 18.2 Å². The van der Waals surface area contributed by atoms with E-state index in [1.54, 1.807) is 7.11 Å². The van der Waals surface area contributed by atoms with E-state index >= 15 is 0 Å². The van der Waals surface area contributed by atoms with Crippen molar-refractivity contribution in [3.63, 3.8) is 0 Å². The minimum Gasteiger partial charge on any atom is -0.383 e. The fourth-order valence-electron chi connectivity index (χ4n) is 1.78. The molecule has 6 nitrogen and oxygen atoms in total. The Morgan fingerprint density at radius 1 is 1.43 bits per heavy atom. The highest BCUT2D eigenvalue weighted by Gasteiger charge is 2.16. The maximum Gasteiger partial charge on any atom is 0.245 e. The van der Waals surface area contributed by atoms with Crippen LogP contribution in [-0.2, 0) is 20.9 Å². The number of hydrogen-bond acceptors (Lipinski definition) is 6. The highest BCUT2D eigenvalue weighted by atomic mass is 35.5. The van der Waals surface area contributed by atoms with E-state index in [0.29, 0.717) is 11.7 Å². The zero-order valence-corrected chi connectivity index (χ0v) is 13.4. The van der Waals surface area contributed by atoms with Gasteiger partial charge in [-0.25, -0.2) is 4.98 Å². The molecule has 3 N–H and O–H groups in total. The lowest BCUT2D eigenvalue weighted by molar-refractivity contribution is -0.118. The van der Waals surface area contributed by atoms with Gasteiger partial charge >= 0.3 is 0 Å². The molecular weight excluding hydrogens is 314 g/mol. The Labute approximate surface area is 133 Å². The Kier molecular flexibility index (Phi) is 7.00. The number of methoxy groups -OCH3 is 2. The van der Waals surface area contributed by atoms with Crippen LogP contribution in [0, 0.1) is 0 Å². The number of benzene rings is 1. The lowest BCUT2D eigenvalue weighted by atomic mass is 10.2. The molecule has 1 heterocycles. The van der Waals surface area contributed by atoms with Gasteiger partial charge in [-0.3, -0.25) is 4.79 Å². The molecule has 21 heavy (non-hydrogen) atoms. The van der Waals surface area contributed by atoms with Crippen molar-refractivity contribution in [1.82, 2.24) is 4.98 Å². The normalized spacial score (nSPS) is 12.0. The lowest BCUT2D eigenvalue weighted by Gasteiger charge is -2.08. The number of thiazole rings is 1. The van der Waals surface area contributed by atoms with E-state index in [0.717, 1.165) is 15.8 Å². The van der Waals surface area contributed by atoms with Crippen LogP contribution < -0.4 is 11.1 Å². The Hall–Kier alpha value is -1.25. The van der Waals surface area contributed by atoms with Gasteiger partial charge in [-0.1, -0.05) is 23.5 Å². The molecule has 1 amide bonds. The number of amides is 1. The molecule has 0 aliphatic rings. The molecule has 0 aliphatic heterocycles. The zero-order chi connectivity index (χ0) is 14.5. The number of anilines is 1. The highest BCUT2D eigenvalue weighted by Crippen LogP contribution is 2.28. The van der Waals surface area contributed by atoms with Crippen molar-refractivity contribution in [2.45, 2.75) is 12.6 Å². The van der Waals surface area contributed by atoms with Crippen LogP contribution in [0.15, 0.2) is 18.2 Å². The fourth-order valence-corrected chi connectivity index (χ4v) is 2.70. The lowest BCUT2D eigenvalue weighted by Crippen LogP contribution is -2.39. The first kappa shape index (κ1) is 17.8. The second-order valence-corrected chi connectivity index (χ2v) is 5.30. The van der Waals surface area contributed by atoms with Gasteiger partial charge in [-0.2, -0.15) is 0 Å². The Balaban J connectivity index is 0.00000220. The molecule has 8 heteroatoms. The number of para-hydroxylation sites is 1. The third-order valence-corrected chi connectivity index (χ3v) is 3.65. The molecule has 0 spiro atoms. The maximum atomic E-state index is 11.8. The van der Waals surface area contributed by atoms with E-state index in [2.05, 4.69) is 10.3 Å². The second-order valence-electron chi connectivity index (χ2n) is 4.27. The van der Waals surface area contributed by atoms with E-state index in [-0.39, 0.29) is 24.9 Å². The summed E-state index contributed by atoms with van der Waals surface area (Å²) in [5.41, 5.74) is 7.50. The van der Waals surface area contributed by atoms with E-state index < -0.39 is 6.04 Å². The summed E-state index contributed by atoms with van der Waals surface area (Å²) in [4.78, 5) is 16.2. The second kappa shape index (κ2) is 8.26. The molecule has 0 bridgehead atoms. The first-order valence-electron chi connectivity index (χ1n) is 6.08. The number of nitrogens with zero attached hydrogens (tertiary/aromatic N) is 1. The fraction of sp³-hybridized carbons (Fsp3) is 0.385. The number of ether oxygens (including phenoxy) is 2. The molecule has 2 aromatic rings. The number of rotatable bonds is 6. The summed E-state index contributed by atoms with van der Waals surface area (Å²) in [7, 11) is 3.14. The standard InChI is InChI=1S/C13H17N3O3S.ClH/c1-18-6-8-4-3-5-10-11(8)15-13(20-10)16-12(17)9(14)7-19-2;/h3-5,9H,6-7,14H2,1-2H3,(H,15,16,17);1H. The van der Waals surface area contributed by atoms with Gasteiger partial charge < -0.3 is 20.5 Å². The van der Waals surface area contributed by atoms with Crippen LogP contribution in [0.4, 0.5) is 5.13 Å². The number of halogens is 1. The number of hydrogen-bond donors (Lipinski definition) is 2. The summed E-state index contributed by atoms with van der Waals surface area (Å²) in [6.45, 7) is 0.656. The van der Waals surface area contributed by atoms with Gasteiger partial charge in [-0.05, 0) is 6.07 Å². The van der Waals surface area contributed by atoms with Gasteiger partial charge in [0.15, 0.2) is 5.13 Å². The summed E-state index contributed by atoms with van der Waals surface area (Å²) in [6.07, 6.45) is 0. The van der Waals surface area contributed by atoms with Gasteiger partial charge in [0.25, 0.3) is 0 Å². The molecule has 116 valence electrons. The summed E-state index contributed by atoms with van der Waals surface area (Å²) >= 11 is 1.41. The molecule has 0 fully saturated rings. The Morgan fingerprint density at radius 3 is 2.86 bits per heavy atom. The number of nitrogens with one attached hydrogen (secondary N) is 1. The van der Waals surface area contributed by atoms with Crippen LogP contribution in [0.5, 0.6) is 0 Å². The molecule has 0 aliphatic carbocycles. The molecule has 1 atom stereocenters. The quantitative estimate of drug-likeness (QED) is 0.842. The minimum absolute atomic E-state index is 0. The average Bonchev–Trinajstić information content (AvgIpc) is 2.82. The number of carbonyl (C=O) groups excluding carboxylic acids is 1. The predicted octanol–water partition coefficient (Wildman–Crippen LogP) is 1.78. The summed E-state index contributed by atoms with van der Waals surface area (Å²) < 4.78 is 11.0. The smallest absolute Gasteiger partial charge is 0.245 e. The van der Waals surface area contributed by atoms with E-state index in [9.17, 15) is 4.79 Å². The average molecular weight is 332 g/mol. The van der Waals surface area contributed by atoms with Crippen LogP contribution in [0.25, 0.3) is 10.2 Å². The first-order chi connectivity index (χ1) is 9.65. The molecule has 0 saturated carbocycles. The van der Waals surface area contributed by atoms with Crippen molar-refractivity contribution >= 4 is 45.0 Å². The van der Waals surface area contributed by atoms with Gasteiger partial charge in [0.1, 0.15) is 6.04 Å². The van der Waals surface area contributed by atoms with Crippen LogP contribution in [0.1, 0.15) is 5.56 Å². The Bertz CT molecular complexity index is 605. The summed E-state index contributed by atoms with van der Waals surface area (Å²) in [5, 5.41) is 3.24. The van der Waals surface area contributed by atoms with E-state index in [4.69, 9.17) is 15.2 Å². The van der Waals surface area contributed by atoms with E-state index in [1.165, 1.54) is 18.4 Å². The van der Waals surface area contributed by atoms with Crippen molar-refractivity contribution < 1.29 is 14.3 Å². The van der Waals surface area contributed by atoms with Crippen LogP contribution in [-0.4, -0.2) is 37.8 Å². The molecule has 0 saturated heterocycles. The molecule has 1 aromatic heterocycles. The van der Waals surface area contributed by atoms with Crippen LogP contribution in [0.2, 0.25) is 0 Å². The minimum atomic E-state index is -0.703. The SMILES string of the molecule is COCc1cccc2sc(NC(=O)C(N)COC)nc12.Cl. The Morgan fingerprint density at radius 2 is 2.19 bits per heavy atom. The van der Waals surface area contributed by atoms with Gasteiger partial charge in [0.2, 0.25) is 5.91 Å². The highest BCUT2D eigenvalue weighted by molar-refractivity contribution is 7.22. The van der Waals surface area contributed by atoms with Crippen LogP contribution >= 0.6 is 23.7 Å². The number of carbonyl (C=O) groups is 1. The zero-order valence-electron chi connectivity index (χ0n) is 11.8. The van der Waals surface area contributed by atoms with Crippen molar-refractivity contribution in [3.05, 3.63) is 23.8 Å². The van der Waals surface area contributed by atoms with Crippen molar-refractivity contribution in [2.75, 3.05) is 26.1 Å². The van der Waals surface area contributed by atoms with Crippen LogP contribution in [0.3, 0.4) is 0 Å². The number of aromatic nitrogens is 1. The van der Waals surface area contributed by atoms with Gasteiger partial charge in [0, 0.05) is 19.8 Å². The third kappa shape index (κ3) is 4.36. The third-order valence-electron chi connectivity index (χ3n) is 2.72. The number of fused-ring (bicyclic) bond motifs is 1. The van der Waals surface area contributed by atoms with Crippen molar-refractivity contribution in [1.29, 1.82) is 0 Å². The molecule has 1 aromatic carbocycles. The van der Waals surface area contributed by atoms with Crippen molar-refractivity contribution in [3.8, 4) is 0 Å². The monoisotopic (exact) mass is 331 g/mol. The van der Waals surface area contributed by atoms with Gasteiger partial charge in [0.05, 0.1) is 23.4 Å². The molecular formula is C13H18ClN3O3S. The van der Waals surface area contributed by atoms with Gasteiger partial charge in [-0.15, -0.1) is 12.4 Å².